The van der Waals surface area contributed by atoms with Gasteiger partial charge in [-0.2, -0.15) is 14.7 Å². The van der Waals surface area contributed by atoms with E-state index in [0.29, 0.717) is 50.8 Å². The highest BCUT2D eigenvalue weighted by Crippen LogP contribution is 2.31. The fraction of sp³-hybridized carbons (Fsp3) is 0.208. The van der Waals surface area contributed by atoms with Crippen molar-refractivity contribution < 1.29 is 23.4 Å². The van der Waals surface area contributed by atoms with E-state index in [1.54, 1.807) is 47.7 Å². The molecule has 178 valence electrons. The summed E-state index contributed by atoms with van der Waals surface area (Å²) in [4.78, 5) is 12.1. The summed E-state index contributed by atoms with van der Waals surface area (Å²) in [6.07, 6.45) is -0.0899. The van der Waals surface area contributed by atoms with Gasteiger partial charge in [-0.15, -0.1) is 10.2 Å². The molecule has 10 nitrogen and oxygen atoms in total. The van der Waals surface area contributed by atoms with Crippen LogP contribution in [-0.4, -0.2) is 56.9 Å². The average molecular weight is 476 g/mol. The lowest BCUT2D eigenvalue weighted by Crippen LogP contribution is -2.06. The minimum atomic E-state index is -0.458. The van der Waals surface area contributed by atoms with Gasteiger partial charge in [0.1, 0.15) is 17.3 Å². The second-order valence-corrected chi connectivity index (χ2v) is 7.68. The molecule has 0 aliphatic rings. The SMILES string of the molecule is COCc1nn2c(nnc3c(CC(=O)OC)nn(-c4ccc(OC)cc4)c32)c1-c1ccc(F)cc1. The lowest BCUT2D eigenvalue weighted by molar-refractivity contribution is -0.139. The number of carbonyl (C=O) groups excluding carboxylic acids is 1. The third-order valence-electron chi connectivity index (χ3n) is 5.56. The van der Waals surface area contributed by atoms with Crippen molar-refractivity contribution in [3.63, 3.8) is 0 Å². The number of nitrogens with zero attached hydrogens (tertiary/aromatic N) is 6. The first kappa shape index (κ1) is 22.4. The van der Waals surface area contributed by atoms with Gasteiger partial charge in [-0.25, -0.2) is 9.07 Å². The highest BCUT2D eigenvalue weighted by atomic mass is 19.1. The summed E-state index contributed by atoms with van der Waals surface area (Å²) in [6.45, 7) is 0.198. The number of halogens is 1. The zero-order chi connectivity index (χ0) is 24.5. The van der Waals surface area contributed by atoms with Crippen LogP contribution in [-0.2, 0) is 27.3 Å². The normalized spacial score (nSPS) is 11.3. The van der Waals surface area contributed by atoms with Gasteiger partial charge in [0.2, 0.25) is 0 Å². The number of hydrogen-bond acceptors (Lipinski definition) is 8. The van der Waals surface area contributed by atoms with Crippen molar-refractivity contribution in [2.45, 2.75) is 13.0 Å². The van der Waals surface area contributed by atoms with E-state index in [2.05, 4.69) is 15.3 Å². The first-order valence-electron chi connectivity index (χ1n) is 10.7. The molecular formula is C24H21FN6O4. The maximum Gasteiger partial charge on any atom is 0.311 e. The number of methoxy groups -OCH3 is 3. The van der Waals surface area contributed by atoms with Crippen molar-refractivity contribution in [2.75, 3.05) is 21.3 Å². The second-order valence-electron chi connectivity index (χ2n) is 7.68. The molecule has 0 unspecified atom stereocenters. The molecule has 5 rings (SSSR count). The van der Waals surface area contributed by atoms with Gasteiger partial charge in [0, 0.05) is 7.11 Å². The number of carbonyl (C=O) groups is 1. The molecule has 0 aliphatic heterocycles. The van der Waals surface area contributed by atoms with Crippen LogP contribution in [0, 0.1) is 5.82 Å². The Morgan fingerprint density at radius 3 is 2.34 bits per heavy atom. The van der Waals surface area contributed by atoms with Crippen LogP contribution in [0.2, 0.25) is 0 Å². The highest BCUT2D eigenvalue weighted by molar-refractivity contribution is 5.87. The Kier molecular flexibility index (Phi) is 5.83. The predicted octanol–water partition coefficient (Wildman–Crippen LogP) is 3.14. The molecule has 0 saturated heterocycles. The quantitative estimate of drug-likeness (QED) is 0.330. The number of hydrogen-bond donors (Lipinski definition) is 0. The van der Waals surface area contributed by atoms with Gasteiger partial charge in [-0.3, -0.25) is 4.79 Å². The first-order chi connectivity index (χ1) is 17.0. The molecule has 0 radical (unpaired) electrons. The molecular weight excluding hydrogens is 455 g/mol. The number of aromatic nitrogens is 6. The Morgan fingerprint density at radius 1 is 0.943 bits per heavy atom. The molecule has 3 aromatic heterocycles. The van der Waals surface area contributed by atoms with Gasteiger partial charge >= 0.3 is 5.97 Å². The molecule has 2 aromatic carbocycles. The van der Waals surface area contributed by atoms with Crippen LogP contribution in [0.4, 0.5) is 4.39 Å². The number of ether oxygens (including phenoxy) is 3. The van der Waals surface area contributed by atoms with Gasteiger partial charge in [-0.1, -0.05) is 12.1 Å². The third-order valence-corrected chi connectivity index (χ3v) is 5.56. The minimum absolute atomic E-state index is 0.0899. The van der Waals surface area contributed by atoms with Crippen molar-refractivity contribution in [3.8, 4) is 22.6 Å². The van der Waals surface area contributed by atoms with E-state index in [1.807, 2.05) is 12.1 Å². The monoisotopic (exact) mass is 476 g/mol. The Hall–Kier alpha value is -4.38. The molecule has 5 aromatic rings. The molecule has 3 heterocycles. The van der Waals surface area contributed by atoms with Crippen molar-refractivity contribution >= 4 is 22.8 Å². The lowest BCUT2D eigenvalue weighted by atomic mass is 10.1. The Balaban J connectivity index is 1.82. The number of rotatable bonds is 7. The zero-order valence-electron chi connectivity index (χ0n) is 19.2. The standard InChI is InChI=1S/C24H21FN6O4/c1-33-13-19-21(14-4-6-15(25)7-5-14)23-27-26-22-18(12-20(32)35-3)28-30(24(22)31(23)29-19)16-8-10-17(34-2)11-9-16/h4-11H,12-13H2,1-3H3. The zero-order valence-corrected chi connectivity index (χ0v) is 19.2. The maximum absolute atomic E-state index is 13.6. The van der Waals surface area contributed by atoms with Crippen molar-refractivity contribution in [2.24, 2.45) is 0 Å². The van der Waals surface area contributed by atoms with E-state index in [4.69, 9.17) is 19.3 Å². The number of benzene rings is 2. The van der Waals surface area contributed by atoms with Crippen LogP contribution in [0.25, 0.3) is 33.6 Å². The fourth-order valence-corrected chi connectivity index (χ4v) is 3.91. The van der Waals surface area contributed by atoms with Gasteiger partial charge in [0.15, 0.2) is 16.8 Å². The van der Waals surface area contributed by atoms with Crippen LogP contribution < -0.4 is 4.74 Å². The van der Waals surface area contributed by atoms with Crippen LogP contribution in [0.15, 0.2) is 48.5 Å². The van der Waals surface area contributed by atoms with E-state index < -0.39 is 5.97 Å². The van der Waals surface area contributed by atoms with E-state index >= 15 is 0 Å². The topological polar surface area (TPSA) is 106 Å². The van der Waals surface area contributed by atoms with E-state index in [-0.39, 0.29) is 18.8 Å². The van der Waals surface area contributed by atoms with Crippen molar-refractivity contribution in [1.29, 1.82) is 0 Å². The highest BCUT2D eigenvalue weighted by Gasteiger charge is 2.24. The summed E-state index contributed by atoms with van der Waals surface area (Å²) in [5.41, 5.74) is 4.41. The largest absolute Gasteiger partial charge is 0.497 e. The molecule has 0 fully saturated rings. The van der Waals surface area contributed by atoms with Crippen LogP contribution >= 0.6 is 0 Å². The number of fused-ring (bicyclic) bond motifs is 3. The summed E-state index contributed by atoms with van der Waals surface area (Å²) in [7, 11) is 4.47. The summed E-state index contributed by atoms with van der Waals surface area (Å²) >= 11 is 0. The summed E-state index contributed by atoms with van der Waals surface area (Å²) < 4.78 is 32.3. The minimum Gasteiger partial charge on any atom is -0.497 e. The van der Waals surface area contributed by atoms with Gasteiger partial charge < -0.3 is 14.2 Å². The van der Waals surface area contributed by atoms with Crippen molar-refractivity contribution in [1.82, 2.24) is 29.6 Å². The molecule has 11 heteroatoms. The molecule has 35 heavy (non-hydrogen) atoms. The summed E-state index contributed by atoms with van der Waals surface area (Å²) in [5.74, 6) is -0.122. The van der Waals surface area contributed by atoms with Crippen molar-refractivity contribution in [3.05, 3.63) is 65.7 Å². The molecule has 0 N–H and O–H groups in total. The van der Waals surface area contributed by atoms with Crippen LogP contribution in [0.5, 0.6) is 5.75 Å². The van der Waals surface area contributed by atoms with Gasteiger partial charge in [0.25, 0.3) is 0 Å². The average Bonchev–Trinajstić information content (AvgIpc) is 3.43. The van der Waals surface area contributed by atoms with E-state index in [1.165, 1.54) is 19.2 Å². The summed E-state index contributed by atoms with van der Waals surface area (Å²) in [5, 5.41) is 18.2. The first-order valence-corrected chi connectivity index (χ1v) is 10.7. The van der Waals surface area contributed by atoms with Gasteiger partial charge in [0.05, 0.1) is 44.2 Å². The Morgan fingerprint density at radius 2 is 1.69 bits per heavy atom. The third kappa shape index (κ3) is 3.95. The molecule has 0 bridgehead atoms. The Bertz CT molecular complexity index is 1530. The molecule has 0 saturated carbocycles. The molecule has 0 amide bonds. The van der Waals surface area contributed by atoms with E-state index in [0.717, 1.165) is 0 Å². The Labute approximate surface area is 198 Å². The second kappa shape index (κ2) is 9.11. The number of esters is 1. The van der Waals surface area contributed by atoms with Gasteiger partial charge in [-0.05, 0) is 42.0 Å². The van der Waals surface area contributed by atoms with E-state index in [9.17, 15) is 9.18 Å². The molecule has 0 atom stereocenters. The molecule has 0 spiro atoms. The maximum atomic E-state index is 13.6. The summed E-state index contributed by atoms with van der Waals surface area (Å²) in [6, 6.07) is 13.3. The van der Waals surface area contributed by atoms with Crippen LogP contribution in [0.1, 0.15) is 11.4 Å². The lowest BCUT2D eigenvalue weighted by Gasteiger charge is -2.06. The fourth-order valence-electron chi connectivity index (χ4n) is 3.91. The smallest absolute Gasteiger partial charge is 0.311 e. The predicted molar refractivity (Wildman–Crippen MR) is 124 cm³/mol. The molecule has 0 aliphatic carbocycles. The van der Waals surface area contributed by atoms with Crippen LogP contribution in [0.3, 0.4) is 0 Å².